The molecule has 1 amide bonds. The number of rotatable bonds is 6. The van der Waals surface area contributed by atoms with Gasteiger partial charge in [-0.2, -0.15) is 0 Å². The van der Waals surface area contributed by atoms with E-state index in [1.165, 1.54) is 12.8 Å². The molecule has 6 heteroatoms. The number of amides is 1. The lowest BCUT2D eigenvalue weighted by Crippen LogP contribution is -2.30. The first-order valence-electron chi connectivity index (χ1n) is 6.98. The standard InChI is InChI=1S/C15H22N2O3.ClH/c1-19-12-5-6-13(14(10-12)20-2)15(18)17-9-7-11-4-3-8-16-11;/h5-6,10-11,16H,3-4,7-9H2,1-2H3,(H,17,18);1H/t11-;/m1./s1. The minimum absolute atomic E-state index is 0. The van der Waals surface area contributed by atoms with Gasteiger partial charge in [0.2, 0.25) is 0 Å². The fraction of sp³-hybridized carbons (Fsp3) is 0.533. The summed E-state index contributed by atoms with van der Waals surface area (Å²) in [6.45, 7) is 1.76. The summed E-state index contributed by atoms with van der Waals surface area (Å²) in [7, 11) is 3.14. The van der Waals surface area contributed by atoms with Gasteiger partial charge >= 0.3 is 0 Å². The van der Waals surface area contributed by atoms with Crippen LogP contribution in [0.4, 0.5) is 0 Å². The van der Waals surface area contributed by atoms with Gasteiger partial charge in [0.05, 0.1) is 19.8 Å². The van der Waals surface area contributed by atoms with Crippen LogP contribution in [0.3, 0.4) is 0 Å². The van der Waals surface area contributed by atoms with Crippen molar-refractivity contribution in [2.75, 3.05) is 27.3 Å². The molecule has 0 saturated carbocycles. The van der Waals surface area contributed by atoms with Crippen LogP contribution in [-0.2, 0) is 0 Å². The molecule has 0 spiro atoms. The zero-order chi connectivity index (χ0) is 14.4. The molecule has 0 radical (unpaired) electrons. The first-order valence-corrected chi connectivity index (χ1v) is 6.98. The third-order valence-electron chi connectivity index (χ3n) is 3.59. The van der Waals surface area contributed by atoms with Crippen LogP contribution in [0.5, 0.6) is 11.5 Å². The Hall–Kier alpha value is -1.46. The van der Waals surface area contributed by atoms with E-state index in [0.29, 0.717) is 29.6 Å². The van der Waals surface area contributed by atoms with Crippen molar-refractivity contribution < 1.29 is 14.3 Å². The molecule has 2 N–H and O–H groups in total. The molecular weight excluding hydrogens is 292 g/mol. The molecule has 1 fully saturated rings. The molecule has 0 bridgehead atoms. The highest BCUT2D eigenvalue weighted by Crippen LogP contribution is 2.24. The molecule has 1 atom stereocenters. The molecule has 1 aliphatic heterocycles. The molecule has 1 heterocycles. The van der Waals surface area contributed by atoms with Crippen molar-refractivity contribution >= 4 is 18.3 Å². The SMILES string of the molecule is COc1ccc(C(=O)NCC[C@H]2CCCN2)c(OC)c1.Cl. The van der Waals surface area contributed by atoms with Gasteiger partial charge < -0.3 is 20.1 Å². The lowest BCUT2D eigenvalue weighted by atomic mass is 10.1. The Morgan fingerprint density at radius 3 is 2.81 bits per heavy atom. The summed E-state index contributed by atoms with van der Waals surface area (Å²) in [6, 6.07) is 5.73. The molecule has 0 unspecified atom stereocenters. The number of nitrogens with one attached hydrogen (secondary N) is 2. The Balaban J connectivity index is 0.00000220. The largest absolute Gasteiger partial charge is 0.497 e. The van der Waals surface area contributed by atoms with E-state index >= 15 is 0 Å². The smallest absolute Gasteiger partial charge is 0.255 e. The second-order valence-electron chi connectivity index (χ2n) is 4.90. The van der Waals surface area contributed by atoms with E-state index in [2.05, 4.69) is 10.6 Å². The van der Waals surface area contributed by atoms with Gasteiger partial charge in [-0.15, -0.1) is 12.4 Å². The first kappa shape index (κ1) is 17.6. The lowest BCUT2D eigenvalue weighted by molar-refractivity contribution is 0.0949. The van der Waals surface area contributed by atoms with Gasteiger partial charge in [0.1, 0.15) is 11.5 Å². The average molecular weight is 315 g/mol. The maximum Gasteiger partial charge on any atom is 0.255 e. The van der Waals surface area contributed by atoms with Gasteiger partial charge in [-0.1, -0.05) is 0 Å². The maximum absolute atomic E-state index is 12.1. The van der Waals surface area contributed by atoms with E-state index in [0.717, 1.165) is 13.0 Å². The fourth-order valence-electron chi connectivity index (χ4n) is 2.44. The van der Waals surface area contributed by atoms with Crippen LogP contribution < -0.4 is 20.1 Å². The van der Waals surface area contributed by atoms with Crippen LogP contribution in [0.25, 0.3) is 0 Å². The molecule has 1 saturated heterocycles. The van der Waals surface area contributed by atoms with Crippen LogP contribution in [0.15, 0.2) is 18.2 Å². The van der Waals surface area contributed by atoms with Crippen molar-refractivity contribution in [3.8, 4) is 11.5 Å². The second kappa shape index (κ2) is 8.74. The number of benzene rings is 1. The van der Waals surface area contributed by atoms with Crippen LogP contribution >= 0.6 is 12.4 Å². The fourth-order valence-corrected chi connectivity index (χ4v) is 2.44. The summed E-state index contributed by atoms with van der Waals surface area (Å²) in [6.07, 6.45) is 3.39. The maximum atomic E-state index is 12.1. The number of methoxy groups -OCH3 is 2. The number of carbonyl (C=O) groups excluding carboxylic acids is 1. The molecule has 1 aliphatic rings. The van der Waals surface area contributed by atoms with Crippen LogP contribution in [0.2, 0.25) is 0 Å². The molecule has 2 rings (SSSR count). The van der Waals surface area contributed by atoms with Crippen molar-refractivity contribution in [3.63, 3.8) is 0 Å². The highest BCUT2D eigenvalue weighted by atomic mass is 35.5. The first-order chi connectivity index (χ1) is 9.74. The normalized spacial score (nSPS) is 17.0. The Morgan fingerprint density at radius 1 is 1.38 bits per heavy atom. The third kappa shape index (κ3) is 4.79. The van der Waals surface area contributed by atoms with Gasteiger partial charge in [0.15, 0.2) is 0 Å². The number of hydrogen-bond donors (Lipinski definition) is 2. The van der Waals surface area contributed by atoms with Crippen LogP contribution in [0.1, 0.15) is 29.6 Å². The zero-order valence-corrected chi connectivity index (χ0v) is 13.3. The predicted molar refractivity (Wildman–Crippen MR) is 84.8 cm³/mol. The number of ether oxygens (including phenoxy) is 2. The average Bonchev–Trinajstić information content (AvgIpc) is 2.99. The topological polar surface area (TPSA) is 59.6 Å². The summed E-state index contributed by atoms with van der Waals surface area (Å²) in [5.74, 6) is 1.09. The van der Waals surface area contributed by atoms with Crippen molar-refractivity contribution in [3.05, 3.63) is 23.8 Å². The Labute approximate surface area is 131 Å². The number of halogens is 1. The van der Waals surface area contributed by atoms with Crippen molar-refractivity contribution in [1.82, 2.24) is 10.6 Å². The summed E-state index contributed by atoms with van der Waals surface area (Å²) >= 11 is 0. The number of carbonyl (C=O) groups is 1. The summed E-state index contributed by atoms with van der Waals surface area (Å²) in [4.78, 5) is 12.1. The monoisotopic (exact) mass is 314 g/mol. The zero-order valence-electron chi connectivity index (χ0n) is 12.5. The molecule has 21 heavy (non-hydrogen) atoms. The van der Waals surface area contributed by atoms with Crippen LogP contribution in [0, 0.1) is 0 Å². The van der Waals surface area contributed by atoms with E-state index in [9.17, 15) is 4.79 Å². The second-order valence-corrected chi connectivity index (χ2v) is 4.90. The van der Waals surface area contributed by atoms with Gasteiger partial charge in [-0.3, -0.25) is 4.79 Å². The summed E-state index contributed by atoms with van der Waals surface area (Å²) in [5.41, 5.74) is 0.535. The third-order valence-corrected chi connectivity index (χ3v) is 3.59. The quantitative estimate of drug-likeness (QED) is 0.843. The van der Waals surface area contributed by atoms with E-state index in [1.54, 1.807) is 32.4 Å². The predicted octanol–water partition coefficient (Wildman–Crippen LogP) is 2.00. The Morgan fingerprint density at radius 2 is 2.19 bits per heavy atom. The van der Waals surface area contributed by atoms with Gasteiger partial charge in [-0.05, 0) is 37.9 Å². The number of hydrogen-bond acceptors (Lipinski definition) is 4. The van der Waals surface area contributed by atoms with E-state index in [1.807, 2.05) is 0 Å². The van der Waals surface area contributed by atoms with Crippen molar-refractivity contribution in [1.29, 1.82) is 0 Å². The van der Waals surface area contributed by atoms with Crippen molar-refractivity contribution in [2.24, 2.45) is 0 Å². The van der Waals surface area contributed by atoms with E-state index < -0.39 is 0 Å². The molecule has 1 aromatic carbocycles. The molecule has 5 nitrogen and oxygen atoms in total. The highest BCUT2D eigenvalue weighted by Gasteiger charge is 2.16. The van der Waals surface area contributed by atoms with Crippen LogP contribution in [-0.4, -0.2) is 39.3 Å². The summed E-state index contributed by atoms with van der Waals surface area (Å²) < 4.78 is 10.4. The lowest BCUT2D eigenvalue weighted by Gasteiger charge is -2.13. The minimum Gasteiger partial charge on any atom is -0.497 e. The van der Waals surface area contributed by atoms with Crippen molar-refractivity contribution in [2.45, 2.75) is 25.3 Å². The van der Waals surface area contributed by atoms with E-state index in [-0.39, 0.29) is 18.3 Å². The molecular formula is C15H23ClN2O3. The van der Waals surface area contributed by atoms with E-state index in [4.69, 9.17) is 9.47 Å². The molecule has 118 valence electrons. The summed E-state index contributed by atoms with van der Waals surface area (Å²) in [5, 5.41) is 6.35. The van der Waals surface area contributed by atoms with Gasteiger partial charge in [0.25, 0.3) is 5.91 Å². The van der Waals surface area contributed by atoms with Gasteiger partial charge in [0, 0.05) is 18.7 Å². The minimum atomic E-state index is -0.109. The molecule has 1 aromatic rings. The van der Waals surface area contributed by atoms with Gasteiger partial charge in [-0.25, -0.2) is 0 Å². The molecule has 0 aromatic heterocycles. The highest BCUT2D eigenvalue weighted by molar-refractivity contribution is 5.97. The molecule has 0 aliphatic carbocycles. The Kier molecular flexibility index (Phi) is 7.32. The Bertz CT molecular complexity index is 462.